The van der Waals surface area contributed by atoms with Gasteiger partial charge in [-0.2, -0.15) is 0 Å². The van der Waals surface area contributed by atoms with E-state index in [1.54, 1.807) is 40.7 Å². The number of allylic oxidation sites excluding steroid dienone is 2. The molecule has 120 valence electrons. The first kappa shape index (κ1) is 19.1. The summed E-state index contributed by atoms with van der Waals surface area (Å²) in [6.07, 6.45) is 1.47. The Labute approximate surface area is 125 Å². The minimum atomic E-state index is -2.10. The largest absolute Gasteiger partial charge is 0.465 e. The van der Waals surface area contributed by atoms with E-state index in [0.29, 0.717) is 0 Å². The van der Waals surface area contributed by atoms with Crippen molar-refractivity contribution < 1.29 is 28.6 Å². The Morgan fingerprint density at radius 3 is 1.38 bits per heavy atom. The van der Waals surface area contributed by atoms with Crippen LogP contribution >= 0.6 is 0 Å². The van der Waals surface area contributed by atoms with Gasteiger partial charge in [0.05, 0.1) is 19.8 Å². The van der Waals surface area contributed by atoms with Crippen molar-refractivity contribution in [1.29, 1.82) is 0 Å². The van der Waals surface area contributed by atoms with E-state index in [0.717, 1.165) is 5.57 Å². The van der Waals surface area contributed by atoms with Crippen LogP contribution in [0, 0.1) is 5.41 Å². The van der Waals surface area contributed by atoms with Gasteiger partial charge in [0.2, 0.25) is 0 Å². The minimum absolute atomic E-state index is 0.0498. The highest BCUT2D eigenvalue weighted by Crippen LogP contribution is 2.30. The van der Waals surface area contributed by atoms with E-state index in [4.69, 9.17) is 14.2 Å². The molecule has 0 heterocycles. The maximum absolute atomic E-state index is 12.3. The monoisotopic (exact) mass is 300 g/mol. The SMILES string of the molecule is CCOC(=O)C(CC=C(C)C)(C(=O)OCC)C(=O)OCC. The predicted octanol–water partition coefficient (Wildman–Crippen LogP) is 2.02. The molecule has 0 aliphatic carbocycles. The summed E-state index contributed by atoms with van der Waals surface area (Å²) in [5.41, 5.74) is -1.24. The molecule has 0 unspecified atom stereocenters. The van der Waals surface area contributed by atoms with Gasteiger partial charge >= 0.3 is 17.9 Å². The summed E-state index contributed by atoms with van der Waals surface area (Å²) in [6, 6.07) is 0. The van der Waals surface area contributed by atoms with E-state index < -0.39 is 23.3 Å². The van der Waals surface area contributed by atoms with Gasteiger partial charge in [-0.05, 0) is 34.6 Å². The topological polar surface area (TPSA) is 78.9 Å². The number of carbonyl (C=O) groups is 3. The molecular formula is C15H24O6. The molecule has 0 rings (SSSR count). The third-order valence-corrected chi connectivity index (χ3v) is 2.69. The van der Waals surface area contributed by atoms with E-state index >= 15 is 0 Å². The van der Waals surface area contributed by atoms with Gasteiger partial charge in [0.25, 0.3) is 5.41 Å². The van der Waals surface area contributed by atoms with Gasteiger partial charge in [0.1, 0.15) is 0 Å². The lowest BCUT2D eigenvalue weighted by molar-refractivity contribution is -0.183. The van der Waals surface area contributed by atoms with Crippen LogP contribution in [0.15, 0.2) is 11.6 Å². The molecule has 6 heteroatoms. The molecule has 0 atom stereocenters. The van der Waals surface area contributed by atoms with Crippen molar-refractivity contribution in [3.05, 3.63) is 11.6 Å². The molecule has 0 spiro atoms. The van der Waals surface area contributed by atoms with Crippen LogP contribution in [0.5, 0.6) is 0 Å². The molecule has 0 radical (unpaired) electrons. The Balaban J connectivity index is 5.80. The fourth-order valence-corrected chi connectivity index (χ4v) is 1.62. The summed E-state index contributed by atoms with van der Waals surface area (Å²) in [6.45, 7) is 8.54. The lowest BCUT2D eigenvalue weighted by Gasteiger charge is -2.26. The summed E-state index contributed by atoms with van der Waals surface area (Å²) >= 11 is 0. The lowest BCUT2D eigenvalue weighted by Crippen LogP contribution is -2.49. The minimum Gasteiger partial charge on any atom is -0.465 e. The van der Waals surface area contributed by atoms with Crippen LogP contribution in [0.3, 0.4) is 0 Å². The fourth-order valence-electron chi connectivity index (χ4n) is 1.62. The van der Waals surface area contributed by atoms with Gasteiger partial charge in [-0.25, -0.2) is 0 Å². The van der Waals surface area contributed by atoms with Crippen molar-refractivity contribution in [3.63, 3.8) is 0 Å². The molecule has 0 aliphatic rings. The second kappa shape index (κ2) is 9.15. The third-order valence-electron chi connectivity index (χ3n) is 2.69. The maximum Gasteiger partial charge on any atom is 0.335 e. The average Bonchev–Trinajstić information content (AvgIpc) is 2.40. The van der Waals surface area contributed by atoms with Crippen LogP contribution < -0.4 is 0 Å². The van der Waals surface area contributed by atoms with Crippen LogP contribution in [-0.4, -0.2) is 37.7 Å². The Morgan fingerprint density at radius 2 is 1.14 bits per heavy atom. The summed E-state index contributed by atoms with van der Waals surface area (Å²) in [4.78, 5) is 36.8. The van der Waals surface area contributed by atoms with Gasteiger partial charge in [0.15, 0.2) is 0 Å². The third kappa shape index (κ3) is 4.88. The van der Waals surface area contributed by atoms with Crippen LogP contribution in [0.25, 0.3) is 0 Å². The number of hydrogen-bond donors (Lipinski definition) is 0. The molecule has 0 aliphatic heterocycles. The summed E-state index contributed by atoms with van der Waals surface area (Å²) in [5.74, 6) is -2.83. The van der Waals surface area contributed by atoms with Crippen molar-refractivity contribution >= 4 is 17.9 Å². The first-order valence-corrected chi connectivity index (χ1v) is 7.01. The van der Waals surface area contributed by atoms with Crippen molar-refractivity contribution in [1.82, 2.24) is 0 Å². The van der Waals surface area contributed by atoms with Crippen molar-refractivity contribution in [3.8, 4) is 0 Å². The second-order valence-corrected chi connectivity index (χ2v) is 4.55. The molecule has 0 bridgehead atoms. The normalized spacial score (nSPS) is 10.5. The molecule has 0 N–H and O–H groups in total. The Morgan fingerprint density at radius 1 is 0.810 bits per heavy atom. The van der Waals surface area contributed by atoms with E-state index in [1.165, 1.54) is 0 Å². The van der Waals surface area contributed by atoms with Crippen LogP contribution in [0.4, 0.5) is 0 Å². The van der Waals surface area contributed by atoms with Crippen molar-refractivity contribution in [2.45, 2.75) is 41.0 Å². The van der Waals surface area contributed by atoms with E-state index in [-0.39, 0.29) is 26.2 Å². The van der Waals surface area contributed by atoms with Gasteiger partial charge < -0.3 is 14.2 Å². The molecule has 0 aromatic heterocycles. The summed E-state index contributed by atoms with van der Waals surface area (Å²) in [5, 5.41) is 0. The highest BCUT2D eigenvalue weighted by Gasteiger charge is 2.56. The second-order valence-electron chi connectivity index (χ2n) is 4.55. The zero-order chi connectivity index (χ0) is 16.5. The predicted molar refractivity (Wildman–Crippen MR) is 76.4 cm³/mol. The molecule has 0 saturated heterocycles. The number of rotatable bonds is 8. The first-order chi connectivity index (χ1) is 9.86. The zero-order valence-corrected chi connectivity index (χ0v) is 13.4. The molecule has 0 amide bonds. The van der Waals surface area contributed by atoms with E-state index in [2.05, 4.69) is 0 Å². The lowest BCUT2D eigenvalue weighted by atomic mass is 9.83. The van der Waals surface area contributed by atoms with E-state index in [9.17, 15) is 14.4 Å². The smallest absolute Gasteiger partial charge is 0.335 e. The molecule has 21 heavy (non-hydrogen) atoms. The molecule has 0 saturated carbocycles. The van der Waals surface area contributed by atoms with Gasteiger partial charge in [-0.3, -0.25) is 14.4 Å². The zero-order valence-electron chi connectivity index (χ0n) is 13.4. The van der Waals surface area contributed by atoms with Gasteiger partial charge in [-0.1, -0.05) is 11.6 Å². The van der Waals surface area contributed by atoms with E-state index in [1.807, 2.05) is 0 Å². The molecule has 0 aromatic carbocycles. The van der Waals surface area contributed by atoms with Crippen LogP contribution in [0.1, 0.15) is 41.0 Å². The van der Waals surface area contributed by atoms with Crippen LogP contribution in [-0.2, 0) is 28.6 Å². The number of esters is 3. The van der Waals surface area contributed by atoms with Crippen LogP contribution in [0.2, 0.25) is 0 Å². The Hall–Kier alpha value is -1.85. The average molecular weight is 300 g/mol. The number of carbonyl (C=O) groups excluding carboxylic acids is 3. The first-order valence-electron chi connectivity index (χ1n) is 7.01. The number of ether oxygens (including phenoxy) is 3. The quantitative estimate of drug-likeness (QED) is 0.295. The highest BCUT2D eigenvalue weighted by molar-refractivity contribution is 6.18. The Bertz CT molecular complexity index is 361. The van der Waals surface area contributed by atoms with Gasteiger partial charge in [0, 0.05) is 6.42 Å². The summed E-state index contributed by atoms with van der Waals surface area (Å²) in [7, 11) is 0. The maximum atomic E-state index is 12.3. The standard InChI is InChI=1S/C15H24O6/c1-6-19-12(16)15(10-9-11(4)5,13(17)20-7-2)14(18)21-8-3/h9H,6-8,10H2,1-5H3. The molecule has 0 fully saturated rings. The van der Waals surface area contributed by atoms with Gasteiger partial charge in [-0.15, -0.1) is 0 Å². The number of hydrogen-bond acceptors (Lipinski definition) is 6. The van der Waals surface area contributed by atoms with Crippen molar-refractivity contribution in [2.75, 3.05) is 19.8 Å². The van der Waals surface area contributed by atoms with Crippen molar-refractivity contribution in [2.24, 2.45) is 5.41 Å². The fraction of sp³-hybridized carbons (Fsp3) is 0.667. The molecular weight excluding hydrogens is 276 g/mol. The summed E-state index contributed by atoms with van der Waals surface area (Å²) < 4.78 is 14.7. The highest BCUT2D eigenvalue weighted by atomic mass is 16.6. The Kier molecular flexibility index (Phi) is 8.35. The molecule has 0 aromatic rings. The molecule has 6 nitrogen and oxygen atoms in total.